The van der Waals surface area contributed by atoms with E-state index in [9.17, 15) is 4.79 Å². The molecule has 0 aliphatic carbocycles. The first kappa shape index (κ1) is 17.1. The number of aliphatic hydroxyl groups excluding tert-OH is 1. The Kier molecular flexibility index (Phi) is 6.12. The van der Waals surface area contributed by atoms with Gasteiger partial charge in [0.2, 0.25) is 0 Å². The van der Waals surface area contributed by atoms with Gasteiger partial charge in [-0.25, -0.2) is 0 Å². The number of amides is 1. The lowest BCUT2D eigenvalue weighted by Crippen LogP contribution is -2.30. The van der Waals surface area contributed by atoms with Crippen LogP contribution in [0.5, 0.6) is 0 Å². The predicted octanol–water partition coefficient (Wildman–Crippen LogP) is 4.00. The Morgan fingerprint density at radius 1 is 1.36 bits per heavy atom. The summed E-state index contributed by atoms with van der Waals surface area (Å²) in [5.74, 6) is 0.0351. The fraction of sp³-hybridized carbons (Fsp3) is 0.438. The van der Waals surface area contributed by atoms with Gasteiger partial charge in [0, 0.05) is 29.1 Å². The van der Waals surface area contributed by atoms with Crippen LogP contribution in [0.15, 0.2) is 18.2 Å². The lowest BCUT2D eigenvalue weighted by Gasteiger charge is -2.15. The van der Waals surface area contributed by atoms with Gasteiger partial charge in [0.1, 0.15) is 5.69 Å². The summed E-state index contributed by atoms with van der Waals surface area (Å²) in [5, 5.41) is 13.6. The van der Waals surface area contributed by atoms with E-state index in [1.54, 1.807) is 18.2 Å². The summed E-state index contributed by atoms with van der Waals surface area (Å²) in [6.07, 6.45) is 2.67. The van der Waals surface area contributed by atoms with Gasteiger partial charge in [0.15, 0.2) is 0 Å². The van der Waals surface area contributed by atoms with Crippen LogP contribution < -0.4 is 5.32 Å². The van der Waals surface area contributed by atoms with Gasteiger partial charge in [0.05, 0.1) is 5.02 Å². The topological polar surface area (TPSA) is 65.1 Å². The highest BCUT2D eigenvalue weighted by atomic mass is 35.5. The Bertz CT molecular complexity index is 649. The van der Waals surface area contributed by atoms with E-state index in [0.717, 1.165) is 23.7 Å². The molecule has 1 heterocycles. The Hall–Kier alpha value is -1.23. The van der Waals surface area contributed by atoms with Crippen molar-refractivity contribution in [2.24, 2.45) is 5.92 Å². The van der Waals surface area contributed by atoms with Crippen molar-refractivity contribution in [1.82, 2.24) is 10.3 Å². The van der Waals surface area contributed by atoms with E-state index >= 15 is 0 Å². The van der Waals surface area contributed by atoms with Crippen LogP contribution in [0.2, 0.25) is 10.0 Å². The third kappa shape index (κ3) is 3.94. The average Bonchev–Trinajstić information content (AvgIpc) is 2.82. The molecule has 1 atom stereocenters. The molecule has 2 rings (SSSR count). The van der Waals surface area contributed by atoms with E-state index < -0.39 is 0 Å². The first-order valence-electron chi connectivity index (χ1n) is 7.42. The third-order valence-corrected chi connectivity index (χ3v) is 4.34. The van der Waals surface area contributed by atoms with Crippen molar-refractivity contribution in [2.75, 3.05) is 13.2 Å². The normalized spacial score (nSPS) is 12.5. The summed E-state index contributed by atoms with van der Waals surface area (Å²) < 4.78 is 0. The van der Waals surface area contributed by atoms with E-state index in [-0.39, 0.29) is 18.4 Å². The van der Waals surface area contributed by atoms with Gasteiger partial charge >= 0.3 is 0 Å². The summed E-state index contributed by atoms with van der Waals surface area (Å²) >= 11 is 12.2. The van der Waals surface area contributed by atoms with Crippen LogP contribution in [0.1, 0.15) is 36.7 Å². The molecule has 22 heavy (non-hydrogen) atoms. The summed E-state index contributed by atoms with van der Waals surface area (Å²) in [4.78, 5) is 15.3. The Labute approximate surface area is 139 Å². The van der Waals surface area contributed by atoms with Crippen LogP contribution in [0, 0.1) is 5.92 Å². The molecule has 3 N–H and O–H groups in total. The zero-order valence-electron chi connectivity index (χ0n) is 12.5. The Morgan fingerprint density at radius 2 is 2.14 bits per heavy atom. The van der Waals surface area contributed by atoms with Crippen LogP contribution in [-0.4, -0.2) is 29.1 Å². The van der Waals surface area contributed by atoms with Crippen LogP contribution in [0.25, 0.3) is 10.9 Å². The molecule has 0 aliphatic heterocycles. The number of fused-ring (bicyclic) bond motifs is 1. The van der Waals surface area contributed by atoms with Crippen molar-refractivity contribution in [2.45, 2.75) is 26.2 Å². The molecular formula is C16H20Cl2N2O2. The second-order valence-electron chi connectivity index (χ2n) is 5.38. The van der Waals surface area contributed by atoms with Crippen molar-refractivity contribution in [3.05, 3.63) is 33.9 Å². The first-order chi connectivity index (χ1) is 10.6. The molecule has 0 bridgehead atoms. The molecule has 6 heteroatoms. The van der Waals surface area contributed by atoms with Gasteiger partial charge < -0.3 is 15.4 Å². The van der Waals surface area contributed by atoms with E-state index in [1.807, 2.05) is 0 Å². The van der Waals surface area contributed by atoms with Crippen molar-refractivity contribution < 1.29 is 9.90 Å². The summed E-state index contributed by atoms with van der Waals surface area (Å²) in [6, 6.07) is 5.28. The van der Waals surface area contributed by atoms with Gasteiger partial charge in [-0.3, -0.25) is 4.79 Å². The van der Waals surface area contributed by atoms with Crippen LogP contribution >= 0.6 is 23.2 Å². The fourth-order valence-corrected chi connectivity index (χ4v) is 3.01. The number of nitrogens with one attached hydrogen (secondary N) is 2. The Morgan fingerprint density at radius 3 is 2.82 bits per heavy atom. The molecule has 1 amide bonds. The number of halogens is 2. The number of rotatable bonds is 7. The molecular weight excluding hydrogens is 323 g/mol. The molecule has 0 saturated carbocycles. The lowest BCUT2D eigenvalue weighted by atomic mass is 10.0. The quantitative estimate of drug-likeness (QED) is 0.711. The maximum Gasteiger partial charge on any atom is 0.269 e. The average molecular weight is 343 g/mol. The largest absolute Gasteiger partial charge is 0.396 e. The predicted molar refractivity (Wildman–Crippen MR) is 90.8 cm³/mol. The second kappa shape index (κ2) is 7.86. The summed E-state index contributed by atoms with van der Waals surface area (Å²) in [6.45, 7) is 2.75. The maximum absolute atomic E-state index is 12.3. The standard InChI is InChI=1S/C16H20Cl2N2O2/c1-2-3-10(6-7-21)9-19-16(22)15-14(18)12-8-11(17)4-5-13(12)20-15/h4-5,8,10,20-21H,2-3,6-7,9H2,1H3,(H,19,22). The molecule has 0 radical (unpaired) electrons. The minimum atomic E-state index is -0.239. The molecule has 0 spiro atoms. The molecule has 4 nitrogen and oxygen atoms in total. The molecule has 120 valence electrons. The van der Waals surface area contributed by atoms with Crippen LogP contribution in [0.3, 0.4) is 0 Å². The number of hydrogen-bond donors (Lipinski definition) is 3. The van der Waals surface area contributed by atoms with E-state index in [2.05, 4.69) is 17.2 Å². The number of carbonyl (C=O) groups is 1. The van der Waals surface area contributed by atoms with Gasteiger partial charge in [-0.05, 0) is 37.0 Å². The Balaban J connectivity index is 2.11. The zero-order valence-corrected chi connectivity index (χ0v) is 14.0. The minimum absolute atomic E-state index is 0.131. The number of aromatic nitrogens is 1. The molecule has 1 unspecified atom stereocenters. The van der Waals surface area contributed by atoms with Crippen LogP contribution in [0.4, 0.5) is 0 Å². The highest BCUT2D eigenvalue weighted by molar-refractivity contribution is 6.39. The van der Waals surface area contributed by atoms with Crippen molar-refractivity contribution in [3.8, 4) is 0 Å². The molecule has 1 aromatic heterocycles. The van der Waals surface area contributed by atoms with Crippen molar-refractivity contribution >= 4 is 40.0 Å². The molecule has 1 aromatic carbocycles. The summed E-state index contributed by atoms with van der Waals surface area (Å²) in [5.41, 5.74) is 1.12. The zero-order chi connectivity index (χ0) is 16.1. The van der Waals surface area contributed by atoms with Gasteiger partial charge in [-0.15, -0.1) is 0 Å². The molecule has 0 aliphatic rings. The molecule has 0 fully saturated rings. The highest BCUT2D eigenvalue weighted by Crippen LogP contribution is 2.29. The number of H-pyrrole nitrogens is 1. The van der Waals surface area contributed by atoms with Crippen molar-refractivity contribution in [3.63, 3.8) is 0 Å². The van der Waals surface area contributed by atoms with Crippen molar-refractivity contribution in [1.29, 1.82) is 0 Å². The van der Waals surface area contributed by atoms with E-state index in [0.29, 0.717) is 28.7 Å². The van der Waals surface area contributed by atoms with Gasteiger partial charge in [-0.2, -0.15) is 0 Å². The molecule has 2 aromatic rings. The minimum Gasteiger partial charge on any atom is -0.396 e. The number of hydrogen-bond acceptors (Lipinski definition) is 2. The molecule has 0 saturated heterocycles. The smallest absolute Gasteiger partial charge is 0.269 e. The monoisotopic (exact) mass is 342 g/mol. The SMILES string of the molecule is CCCC(CCO)CNC(=O)c1[nH]c2ccc(Cl)cc2c1Cl. The summed E-state index contributed by atoms with van der Waals surface area (Å²) in [7, 11) is 0. The highest BCUT2D eigenvalue weighted by Gasteiger charge is 2.17. The van der Waals surface area contributed by atoms with E-state index in [4.69, 9.17) is 28.3 Å². The van der Waals surface area contributed by atoms with Gasteiger partial charge in [0.25, 0.3) is 5.91 Å². The lowest BCUT2D eigenvalue weighted by molar-refractivity contribution is 0.0939. The van der Waals surface area contributed by atoms with Crippen LogP contribution in [-0.2, 0) is 0 Å². The number of carbonyl (C=O) groups excluding carboxylic acids is 1. The first-order valence-corrected chi connectivity index (χ1v) is 8.18. The van der Waals surface area contributed by atoms with E-state index in [1.165, 1.54) is 0 Å². The maximum atomic E-state index is 12.3. The fourth-order valence-electron chi connectivity index (χ4n) is 2.55. The third-order valence-electron chi connectivity index (χ3n) is 3.71. The number of aliphatic hydroxyl groups is 1. The van der Waals surface area contributed by atoms with Gasteiger partial charge in [-0.1, -0.05) is 36.5 Å². The number of benzene rings is 1. The second-order valence-corrected chi connectivity index (χ2v) is 6.20. The number of aromatic amines is 1.